The maximum Gasteiger partial charge on any atom is 0.420 e. The third-order valence-electron chi connectivity index (χ3n) is 5.59. The van der Waals surface area contributed by atoms with Crippen LogP contribution in [0.5, 0.6) is 0 Å². The Hall–Kier alpha value is -3.59. The molecule has 0 spiro atoms. The highest BCUT2D eigenvalue weighted by molar-refractivity contribution is 6.30. The first-order chi connectivity index (χ1) is 15.5. The highest BCUT2D eigenvalue weighted by Gasteiger charge is 2.20. The van der Waals surface area contributed by atoms with Crippen molar-refractivity contribution in [3.05, 3.63) is 63.9 Å². The summed E-state index contributed by atoms with van der Waals surface area (Å²) in [7, 11) is 0. The first-order valence-corrected chi connectivity index (χ1v) is 10.7. The number of hydrogen-bond donors (Lipinski definition) is 1. The van der Waals surface area contributed by atoms with Crippen molar-refractivity contribution in [3.8, 4) is 0 Å². The van der Waals surface area contributed by atoms with Gasteiger partial charge in [0.1, 0.15) is 6.54 Å². The summed E-state index contributed by atoms with van der Waals surface area (Å²) >= 11 is 5.99. The molecule has 1 saturated heterocycles. The number of benzene rings is 1. The minimum atomic E-state index is -0.605. The van der Waals surface area contributed by atoms with Crippen molar-refractivity contribution < 1.29 is 14.0 Å². The smallest absolute Gasteiger partial charge is 0.408 e. The van der Waals surface area contributed by atoms with Crippen molar-refractivity contribution in [2.45, 2.75) is 25.8 Å². The van der Waals surface area contributed by atoms with E-state index in [2.05, 4.69) is 10.4 Å². The summed E-state index contributed by atoms with van der Waals surface area (Å²) in [5.41, 5.74) is 2.16. The second kappa shape index (κ2) is 8.16. The monoisotopic (exact) mass is 453 g/mol. The summed E-state index contributed by atoms with van der Waals surface area (Å²) in [5.74, 6) is -1.13. The Morgan fingerprint density at radius 1 is 1.09 bits per heavy atom. The Morgan fingerprint density at radius 3 is 2.72 bits per heavy atom. The van der Waals surface area contributed by atoms with Crippen LogP contribution in [0.4, 0.5) is 5.69 Å². The number of halogens is 1. The van der Waals surface area contributed by atoms with Gasteiger partial charge in [0.25, 0.3) is 5.91 Å². The fraction of sp³-hybridized carbons (Fsp3) is 0.273. The Balaban J connectivity index is 1.39. The SMILES string of the molecule is O=C(Nc1ccc2oc(=O)n(CC(=O)N3CCCCC3)c2c1)c1cc2cc(Cl)ccn2n1. The van der Waals surface area contributed by atoms with Crippen molar-refractivity contribution in [3.63, 3.8) is 0 Å². The number of anilines is 1. The third kappa shape index (κ3) is 3.87. The molecule has 164 valence electrons. The summed E-state index contributed by atoms with van der Waals surface area (Å²) in [4.78, 5) is 39.5. The lowest BCUT2D eigenvalue weighted by molar-refractivity contribution is -0.132. The lowest BCUT2D eigenvalue weighted by Gasteiger charge is -2.26. The second-order valence-corrected chi connectivity index (χ2v) is 8.21. The van der Waals surface area contributed by atoms with Crippen LogP contribution in [0.15, 0.2) is 51.8 Å². The zero-order chi connectivity index (χ0) is 22.2. The van der Waals surface area contributed by atoms with Gasteiger partial charge in [-0.2, -0.15) is 5.10 Å². The minimum absolute atomic E-state index is 0.101. The molecule has 1 fully saturated rings. The van der Waals surface area contributed by atoms with Gasteiger partial charge in [0.2, 0.25) is 5.91 Å². The van der Waals surface area contributed by atoms with E-state index in [1.165, 1.54) is 4.57 Å². The zero-order valence-corrected chi connectivity index (χ0v) is 17.8. The molecule has 0 radical (unpaired) electrons. The average Bonchev–Trinajstić information content (AvgIpc) is 3.35. The van der Waals surface area contributed by atoms with Crippen LogP contribution < -0.4 is 11.1 Å². The van der Waals surface area contributed by atoms with Crippen molar-refractivity contribution in [1.29, 1.82) is 0 Å². The summed E-state index contributed by atoms with van der Waals surface area (Å²) in [6.07, 6.45) is 4.72. The van der Waals surface area contributed by atoms with Gasteiger partial charge in [0.05, 0.1) is 11.0 Å². The van der Waals surface area contributed by atoms with Crippen LogP contribution in [0, 0.1) is 0 Å². The van der Waals surface area contributed by atoms with E-state index in [-0.39, 0.29) is 18.1 Å². The van der Waals surface area contributed by atoms with E-state index in [0.717, 1.165) is 19.3 Å². The summed E-state index contributed by atoms with van der Waals surface area (Å²) in [5, 5.41) is 7.57. The Kier molecular flexibility index (Phi) is 5.18. The van der Waals surface area contributed by atoms with Gasteiger partial charge in [-0.05, 0) is 55.7 Å². The molecule has 4 heterocycles. The Bertz CT molecular complexity index is 1400. The first kappa shape index (κ1) is 20.3. The molecule has 1 aliphatic heterocycles. The van der Waals surface area contributed by atoms with Crippen molar-refractivity contribution >= 4 is 45.7 Å². The molecule has 0 saturated carbocycles. The molecule has 4 aromatic rings. The van der Waals surface area contributed by atoms with Gasteiger partial charge in [-0.15, -0.1) is 0 Å². The molecule has 1 aromatic carbocycles. The predicted octanol–water partition coefficient (Wildman–Crippen LogP) is 3.16. The van der Waals surface area contributed by atoms with E-state index >= 15 is 0 Å². The highest BCUT2D eigenvalue weighted by atomic mass is 35.5. The summed E-state index contributed by atoms with van der Waals surface area (Å²) in [6.45, 7) is 1.31. The van der Waals surface area contributed by atoms with Crippen LogP contribution in [-0.4, -0.2) is 44.0 Å². The zero-order valence-electron chi connectivity index (χ0n) is 17.1. The number of fused-ring (bicyclic) bond motifs is 2. The summed E-state index contributed by atoms with van der Waals surface area (Å²) < 4.78 is 8.14. The van der Waals surface area contributed by atoms with Crippen LogP contribution in [0.3, 0.4) is 0 Å². The van der Waals surface area contributed by atoms with E-state index in [1.54, 1.807) is 52.0 Å². The lowest BCUT2D eigenvalue weighted by Crippen LogP contribution is -2.39. The lowest BCUT2D eigenvalue weighted by atomic mass is 10.1. The number of oxazole rings is 1. The van der Waals surface area contributed by atoms with E-state index in [1.807, 2.05) is 0 Å². The fourth-order valence-electron chi connectivity index (χ4n) is 3.94. The molecule has 1 aliphatic rings. The molecule has 2 amide bonds. The van der Waals surface area contributed by atoms with E-state index in [9.17, 15) is 14.4 Å². The number of nitrogens with zero attached hydrogens (tertiary/aromatic N) is 4. The number of aromatic nitrogens is 3. The molecular weight excluding hydrogens is 434 g/mol. The molecule has 10 heteroatoms. The number of likely N-dealkylation sites (tertiary alicyclic amines) is 1. The largest absolute Gasteiger partial charge is 0.420 e. The number of amides is 2. The number of nitrogens with one attached hydrogen (secondary N) is 1. The standard InChI is InChI=1S/C22H20ClN5O4/c23-14-6-9-28-16(10-14)12-17(25-28)21(30)24-15-4-5-19-18(11-15)27(22(31)32-19)13-20(29)26-7-2-1-3-8-26/h4-6,9-12H,1-3,7-8,13H2,(H,24,30). The van der Waals surface area contributed by atoms with Crippen molar-refractivity contribution in [1.82, 2.24) is 19.1 Å². The van der Waals surface area contributed by atoms with Gasteiger partial charge < -0.3 is 14.6 Å². The van der Waals surface area contributed by atoms with E-state index in [4.69, 9.17) is 16.0 Å². The molecule has 5 rings (SSSR count). The van der Waals surface area contributed by atoms with Crippen LogP contribution in [0.25, 0.3) is 16.6 Å². The number of hydrogen-bond acceptors (Lipinski definition) is 5. The van der Waals surface area contributed by atoms with Crippen LogP contribution in [0.2, 0.25) is 5.02 Å². The van der Waals surface area contributed by atoms with E-state index in [0.29, 0.717) is 40.4 Å². The normalized spacial score (nSPS) is 14.2. The molecule has 0 aliphatic carbocycles. The molecule has 3 aromatic heterocycles. The molecule has 0 atom stereocenters. The molecule has 32 heavy (non-hydrogen) atoms. The van der Waals surface area contributed by atoms with Gasteiger partial charge in [0, 0.05) is 30.0 Å². The molecule has 9 nitrogen and oxygen atoms in total. The topological polar surface area (TPSA) is 102 Å². The second-order valence-electron chi connectivity index (χ2n) is 7.78. The van der Waals surface area contributed by atoms with Gasteiger partial charge in [-0.25, -0.2) is 9.31 Å². The average molecular weight is 454 g/mol. The third-order valence-corrected chi connectivity index (χ3v) is 5.82. The van der Waals surface area contributed by atoms with Crippen LogP contribution in [-0.2, 0) is 11.3 Å². The predicted molar refractivity (Wildman–Crippen MR) is 119 cm³/mol. The Morgan fingerprint density at radius 2 is 1.91 bits per heavy atom. The van der Waals surface area contributed by atoms with Gasteiger partial charge in [-0.3, -0.25) is 14.2 Å². The van der Waals surface area contributed by atoms with E-state index < -0.39 is 11.7 Å². The van der Waals surface area contributed by atoms with Gasteiger partial charge in [-0.1, -0.05) is 11.6 Å². The maximum absolute atomic E-state index is 12.7. The van der Waals surface area contributed by atoms with Gasteiger partial charge in [0.15, 0.2) is 11.3 Å². The number of carbonyl (C=O) groups is 2. The molecule has 0 unspecified atom stereocenters. The minimum Gasteiger partial charge on any atom is -0.408 e. The summed E-state index contributed by atoms with van der Waals surface area (Å²) in [6, 6.07) is 9.87. The van der Waals surface area contributed by atoms with Gasteiger partial charge >= 0.3 is 5.76 Å². The van der Waals surface area contributed by atoms with Crippen molar-refractivity contribution in [2.75, 3.05) is 18.4 Å². The number of pyridine rings is 1. The number of rotatable bonds is 4. The van der Waals surface area contributed by atoms with Crippen molar-refractivity contribution in [2.24, 2.45) is 0 Å². The van der Waals surface area contributed by atoms with Crippen LogP contribution in [0.1, 0.15) is 29.8 Å². The number of carbonyl (C=O) groups excluding carboxylic acids is 2. The number of piperidine rings is 1. The molecular formula is C22H20ClN5O4. The highest BCUT2D eigenvalue weighted by Crippen LogP contribution is 2.20. The first-order valence-electron chi connectivity index (χ1n) is 10.4. The maximum atomic E-state index is 12.7. The molecule has 1 N–H and O–H groups in total. The molecule has 0 bridgehead atoms. The quantitative estimate of drug-likeness (QED) is 0.511. The fourth-order valence-corrected chi connectivity index (χ4v) is 4.11. The van der Waals surface area contributed by atoms with Crippen LogP contribution >= 0.6 is 11.6 Å². The Labute approximate surface area is 187 Å².